The molecule has 7 heteroatoms. The summed E-state index contributed by atoms with van der Waals surface area (Å²) in [5.41, 5.74) is 0.195. The highest BCUT2D eigenvalue weighted by Gasteiger charge is 2.32. The van der Waals surface area contributed by atoms with Gasteiger partial charge in [0.2, 0.25) is 0 Å². The smallest absolute Gasteiger partial charge is 0.405 e. The summed E-state index contributed by atoms with van der Waals surface area (Å²) in [6, 6.07) is 2.90. The van der Waals surface area contributed by atoms with Crippen LogP contribution in [0.15, 0.2) is 18.2 Å². The fraction of sp³-hybridized carbons (Fsp3) is 0.538. The van der Waals surface area contributed by atoms with Crippen molar-refractivity contribution in [3.8, 4) is 5.75 Å². The average Bonchev–Trinajstić information content (AvgIpc) is 2.34. The van der Waals surface area contributed by atoms with E-state index in [2.05, 4.69) is 10.1 Å². The second-order valence-electron chi connectivity index (χ2n) is 4.63. The predicted molar refractivity (Wildman–Crippen MR) is 65.6 cm³/mol. The number of aliphatic hydroxyl groups excluding tert-OH is 1. The SMILES string of the molecule is CC(CO)C(C)NCc1ccc(F)cc1OC(F)(F)F. The number of rotatable bonds is 6. The van der Waals surface area contributed by atoms with Crippen molar-refractivity contribution in [1.29, 1.82) is 0 Å². The fourth-order valence-electron chi connectivity index (χ4n) is 1.52. The van der Waals surface area contributed by atoms with Crippen molar-refractivity contribution in [2.75, 3.05) is 6.61 Å². The molecular weight excluding hydrogens is 278 g/mol. The molecule has 114 valence electrons. The molecule has 2 unspecified atom stereocenters. The zero-order chi connectivity index (χ0) is 15.3. The standard InChI is InChI=1S/C13H17F4NO2/c1-8(7-19)9(2)18-6-10-3-4-11(14)5-12(10)20-13(15,16)17/h3-5,8-9,18-19H,6-7H2,1-2H3. The maximum absolute atomic E-state index is 13.0. The molecule has 1 aromatic rings. The summed E-state index contributed by atoms with van der Waals surface area (Å²) >= 11 is 0. The first-order valence-electron chi connectivity index (χ1n) is 6.11. The first-order chi connectivity index (χ1) is 9.23. The first-order valence-corrected chi connectivity index (χ1v) is 6.11. The van der Waals surface area contributed by atoms with E-state index >= 15 is 0 Å². The fourth-order valence-corrected chi connectivity index (χ4v) is 1.52. The summed E-state index contributed by atoms with van der Waals surface area (Å²) in [7, 11) is 0. The van der Waals surface area contributed by atoms with Crippen LogP contribution in [-0.2, 0) is 6.54 Å². The van der Waals surface area contributed by atoms with Crippen LogP contribution in [0.2, 0.25) is 0 Å². The van der Waals surface area contributed by atoms with Crippen molar-refractivity contribution in [3.05, 3.63) is 29.6 Å². The molecule has 2 atom stereocenters. The largest absolute Gasteiger partial charge is 0.573 e. The number of benzene rings is 1. The Balaban J connectivity index is 2.79. The molecule has 0 aliphatic carbocycles. The van der Waals surface area contributed by atoms with Gasteiger partial charge in [0, 0.05) is 30.8 Å². The molecule has 20 heavy (non-hydrogen) atoms. The third-order valence-corrected chi connectivity index (χ3v) is 3.01. The lowest BCUT2D eigenvalue weighted by molar-refractivity contribution is -0.275. The number of nitrogens with one attached hydrogen (secondary N) is 1. The number of alkyl halides is 3. The van der Waals surface area contributed by atoms with Gasteiger partial charge in [-0.3, -0.25) is 0 Å². The quantitative estimate of drug-likeness (QED) is 0.793. The highest BCUT2D eigenvalue weighted by atomic mass is 19.4. The molecule has 0 bridgehead atoms. The van der Waals surface area contributed by atoms with E-state index in [9.17, 15) is 17.6 Å². The Morgan fingerprint density at radius 2 is 1.95 bits per heavy atom. The maximum Gasteiger partial charge on any atom is 0.573 e. The normalized spacial score (nSPS) is 14.9. The summed E-state index contributed by atoms with van der Waals surface area (Å²) in [6.07, 6.45) is -4.87. The molecule has 0 amide bonds. The van der Waals surface area contributed by atoms with Crippen LogP contribution in [0.3, 0.4) is 0 Å². The molecule has 0 heterocycles. The topological polar surface area (TPSA) is 41.5 Å². The van der Waals surface area contributed by atoms with E-state index < -0.39 is 17.9 Å². The van der Waals surface area contributed by atoms with E-state index in [0.29, 0.717) is 6.07 Å². The van der Waals surface area contributed by atoms with E-state index in [-0.39, 0.29) is 30.7 Å². The van der Waals surface area contributed by atoms with Gasteiger partial charge in [-0.25, -0.2) is 4.39 Å². The molecule has 3 nitrogen and oxygen atoms in total. The molecule has 0 aliphatic heterocycles. The van der Waals surface area contributed by atoms with Crippen LogP contribution in [0.5, 0.6) is 5.75 Å². The van der Waals surface area contributed by atoms with Crippen LogP contribution < -0.4 is 10.1 Å². The van der Waals surface area contributed by atoms with Crippen LogP contribution in [0.4, 0.5) is 17.6 Å². The van der Waals surface area contributed by atoms with Crippen molar-refractivity contribution in [2.24, 2.45) is 5.92 Å². The Bertz CT molecular complexity index is 437. The highest BCUT2D eigenvalue weighted by molar-refractivity contribution is 5.34. The summed E-state index contributed by atoms with van der Waals surface area (Å²) in [6.45, 7) is 3.64. The minimum Gasteiger partial charge on any atom is -0.405 e. The van der Waals surface area contributed by atoms with Gasteiger partial charge in [-0.2, -0.15) is 0 Å². The van der Waals surface area contributed by atoms with Gasteiger partial charge in [-0.15, -0.1) is 13.2 Å². The Morgan fingerprint density at radius 1 is 1.30 bits per heavy atom. The molecule has 0 fully saturated rings. The number of hydrogen-bond donors (Lipinski definition) is 2. The molecule has 1 aromatic carbocycles. The minimum atomic E-state index is -4.87. The van der Waals surface area contributed by atoms with Gasteiger partial charge < -0.3 is 15.2 Å². The molecular formula is C13H17F4NO2. The van der Waals surface area contributed by atoms with E-state index in [1.54, 1.807) is 13.8 Å². The van der Waals surface area contributed by atoms with Crippen molar-refractivity contribution in [1.82, 2.24) is 5.32 Å². The Kier molecular flexibility index (Phi) is 5.76. The highest BCUT2D eigenvalue weighted by Crippen LogP contribution is 2.27. The van der Waals surface area contributed by atoms with Crippen LogP contribution in [0.25, 0.3) is 0 Å². The summed E-state index contributed by atoms with van der Waals surface area (Å²) in [5.74, 6) is -1.42. The van der Waals surface area contributed by atoms with Crippen molar-refractivity contribution in [3.63, 3.8) is 0 Å². The first kappa shape index (κ1) is 16.7. The predicted octanol–water partition coefficient (Wildman–Crippen LogP) is 2.83. The van der Waals surface area contributed by atoms with Gasteiger partial charge in [0.25, 0.3) is 0 Å². The molecule has 0 radical (unpaired) electrons. The Labute approximate surface area is 114 Å². The van der Waals surface area contributed by atoms with Gasteiger partial charge >= 0.3 is 6.36 Å². The van der Waals surface area contributed by atoms with E-state index in [1.165, 1.54) is 6.07 Å². The van der Waals surface area contributed by atoms with Crippen molar-refractivity contribution >= 4 is 0 Å². The van der Waals surface area contributed by atoms with Crippen molar-refractivity contribution < 1.29 is 27.4 Å². The van der Waals surface area contributed by atoms with Gasteiger partial charge in [-0.1, -0.05) is 13.0 Å². The number of halogens is 4. The summed E-state index contributed by atoms with van der Waals surface area (Å²) in [4.78, 5) is 0. The minimum absolute atomic E-state index is 0.0382. The van der Waals surface area contributed by atoms with Gasteiger partial charge in [-0.05, 0) is 18.9 Å². The summed E-state index contributed by atoms with van der Waals surface area (Å²) in [5, 5.41) is 11.9. The summed E-state index contributed by atoms with van der Waals surface area (Å²) < 4.78 is 53.5. The number of hydrogen-bond acceptors (Lipinski definition) is 3. The number of aliphatic hydroxyl groups is 1. The molecule has 0 saturated heterocycles. The van der Waals surface area contributed by atoms with Crippen LogP contribution in [0.1, 0.15) is 19.4 Å². The molecule has 0 aromatic heterocycles. The lowest BCUT2D eigenvalue weighted by atomic mass is 10.0. The third-order valence-electron chi connectivity index (χ3n) is 3.01. The van der Waals surface area contributed by atoms with E-state index in [0.717, 1.165) is 6.07 Å². The number of ether oxygens (including phenoxy) is 1. The molecule has 0 spiro atoms. The Morgan fingerprint density at radius 3 is 2.50 bits per heavy atom. The molecule has 2 N–H and O–H groups in total. The third kappa shape index (κ3) is 5.34. The zero-order valence-corrected chi connectivity index (χ0v) is 11.2. The van der Waals surface area contributed by atoms with Crippen LogP contribution in [0, 0.1) is 11.7 Å². The second-order valence-corrected chi connectivity index (χ2v) is 4.63. The molecule has 0 aliphatic rings. The maximum atomic E-state index is 13.0. The van der Waals surface area contributed by atoms with E-state index in [1.807, 2.05) is 0 Å². The monoisotopic (exact) mass is 295 g/mol. The zero-order valence-electron chi connectivity index (χ0n) is 11.2. The average molecular weight is 295 g/mol. The van der Waals surface area contributed by atoms with Crippen molar-refractivity contribution in [2.45, 2.75) is 32.8 Å². The Hall–Kier alpha value is -1.34. The molecule has 1 rings (SSSR count). The van der Waals surface area contributed by atoms with E-state index in [4.69, 9.17) is 5.11 Å². The van der Waals surface area contributed by atoms with Gasteiger partial charge in [0.1, 0.15) is 11.6 Å². The van der Waals surface area contributed by atoms with Gasteiger partial charge in [0.05, 0.1) is 0 Å². The van der Waals surface area contributed by atoms with Crippen LogP contribution in [-0.4, -0.2) is 24.1 Å². The lowest BCUT2D eigenvalue weighted by Gasteiger charge is -2.20. The van der Waals surface area contributed by atoms with Crippen LogP contribution >= 0.6 is 0 Å². The lowest BCUT2D eigenvalue weighted by Crippen LogP contribution is -2.33. The molecule has 0 saturated carbocycles. The van der Waals surface area contributed by atoms with Gasteiger partial charge in [0.15, 0.2) is 0 Å². The second kappa shape index (κ2) is 6.90.